The van der Waals surface area contributed by atoms with Crippen LogP contribution in [0, 0.1) is 11.8 Å². The molecule has 1 saturated carbocycles. The number of rotatable bonds is 13. The van der Waals surface area contributed by atoms with Crippen LogP contribution < -0.4 is 0 Å². The number of carbonyl (C=O) groups is 1. The summed E-state index contributed by atoms with van der Waals surface area (Å²) in [5.74, 6) is -1.27. The number of ether oxygens (including phenoxy) is 4. The molecule has 2 aliphatic heterocycles. The number of aliphatic hydroxyl groups excluding tert-OH is 1. The van der Waals surface area contributed by atoms with E-state index >= 15 is 0 Å². The highest BCUT2D eigenvalue weighted by molar-refractivity contribution is 5.67. The SMILES string of the molecule is O=C(O)C[C@@H]1[C@@H](C=CCCCCCCOC2CCCCO2)[C@H](OC2CCCCO2)C[C@@H]1O. The van der Waals surface area contributed by atoms with Crippen molar-refractivity contribution in [3.05, 3.63) is 12.2 Å². The standard InChI is InChI=1S/C25H42O7/c26-21-18-22(32-25-13-7-10-16-31-25)19(20(21)17-23(27)28)11-5-3-1-2-4-8-14-29-24-12-6-9-15-30-24/h5,11,19-22,24-26H,1-4,6-10,12-18H2,(H,27,28)/t19-,20-,21+,22-,24?,25?/m1/s1. The summed E-state index contributed by atoms with van der Waals surface area (Å²) in [4.78, 5) is 11.3. The van der Waals surface area contributed by atoms with E-state index in [1.807, 2.05) is 0 Å². The lowest BCUT2D eigenvalue weighted by molar-refractivity contribution is -0.193. The molecule has 0 aromatic rings. The van der Waals surface area contributed by atoms with Gasteiger partial charge in [0.2, 0.25) is 0 Å². The van der Waals surface area contributed by atoms with Crippen molar-refractivity contribution in [3.63, 3.8) is 0 Å². The van der Waals surface area contributed by atoms with E-state index in [1.54, 1.807) is 0 Å². The fourth-order valence-electron chi connectivity index (χ4n) is 5.03. The number of unbranched alkanes of at least 4 members (excludes halogenated alkanes) is 4. The molecule has 2 N–H and O–H groups in total. The van der Waals surface area contributed by atoms with Gasteiger partial charge in [-0.25, -0.2) is 0 Å². The van der Waals surface area contributed by atoms with Gasteiger partial charge < -0.3 is 29.2 Å². The molecule has 2 saturated heterocycles. The second kappa shape index (κ2) is 14.3. The summed E-state index contributed by atoms with van der Waals surface area (Å²) < 4.78 is 23.2. The van der Waals surface area contributed by atoms with Crippen molar-refractivity contribution in [2.24, 2.45) is 11.8 Å². The first kappa shape index (κ1) is 25.6. The minimum absolute atomic E-state index is 0.00127. The Balaban J connectivity index is 1.36. The number of aliphatic carboxylic acids is 1. The maximum atomic E-state index is 11.3. The van der Waals surface area contributed by atoms with E-state index in [9.17, 15) is 15.0 Å². The van der Waals surface area contributed by atoms with Gasteiger partial charge in [-0.15, -0.1) is 0 Å². The zero-order valence-electron chi connectivity index (χ0n) is 19.4. The third-order valence-electron chi connectivity index (χ3n) is 6.83. The van der Waals surface area contributed by atoms with E-state index in [0.717, 1.165) is 77.4 Å². The molecule has 32 heavy (non-hydrogen) atoms. The van der Waals surface area contributed by atoms with Crippen molar-refractivity contribution in [1.29, 1.82) is 0 Å². The predicted molar refractivity (Wildman–Crippen MR) is 120 cm³/mol. The molecule has 184 valence electrons. The molecule has 0 spiro atoms. The normalized spacial score (nSPS) is 33.7. The Kier molecular flexibility index (Phi) is 11.5. The first-order valence-electron chi connectivity index (χ1n) is 12.7. The Morgan fingerprint density at radius 1 is 0.969 bits per heavy atom. The fourth-order valence-corrected chi connectivity index (χ4v) is 5.03. The van der Waals surface area contributed by atoms with Crippen LogP contribution in [-0.2, 0) is 23.7 Å². The minimum Gasteiger partial charge on any atom is -0.481 e. The topological polar surface area (TPSA) is 94.5 Å². The van der Waals surface area contributed by atoms with Crippen molar-refractivity contribution in [3.8, 4) is 0 Å². The summed E-state index contributed by atoms with van der Waals surface area (Å²) >= 11 is 0. The van der Waals surface area contributed by atoms with Gasteiger partial charge in [0.05, 0.1) is 18.6 Å². The molecule has 0 bridgehead atoms. The van der Waals surface area contributed by atoms with Gasteiger partial charge in [0, 0.05) is 38.1 Å². The van der Waals surface area contributed by atoms with Crippen LogP contribution in [0.2, 0.25) is 0 Å². The van der Waals surface area contributed by atoms with Crippen LogP contribution in [-0.4, -0.2) is 60.8 Å². The van der Waals surface area contributed by atoms with Gasteiger partial charge in [0.1, 0.15) is 0 Å². The van der Waals surface area contributed by atoms with Gasteiger partial charge in [-0.2, -0.15) is 0 Å². The quantitative estimate of drug-likeness (QED) is 0.314. The summed E-state index contributed by atoms with van der Waals surface area (Å²) in [6.07, 6.45) is 15.3. The van der Waals surface area contributed by atoms with Gasteiger partial charge in [-0.1, -0.05) is 25.0 Å². The van der Waals surface area contributed by atoms with E-state index in [4.69, 9.17) is 18.9 Å². The van der Waals surface area contributed by atoms with Gasteiger partial charge in [-0.3, -0.25) is 4.79 Å². The van der Waals surface area contributed by atoms with E-state index in [0.29, 0.717) is 13.0 Å². The molecule has 7 nitrogen and oxygen atoms in total. The van der Waals surface area contributed by atoms with Crippen molar-refractivity contribution in [2.45, 2.75) is 108 Å². The Morgan fingerprint density at radius 2 is 1.69 bits per heavy atom. The molecule has 2 unspecified atom stereocenters. The summed E-state index contributed by atoms with van der Waals surface area (Å²) in [5.41, 5.74) is 0. The molecule has 0 radical (unpaired) electrons. The Labute approximate surface area is 192 Å². The second-order valence-electron chi connectivity index (χ2n) is 9.41. The van der Waals surface area contributed by atoms with Crippen LogP contribution in [0.1, 0.15) is 83.5 Å². The van der Waals surface area contributed by atoms with Crippen molar-refractivity contribution in [1.82, 2.24) is 0 Å². The second-order valence-corrected chi connectivity index (χ2v) is 9.41. The lowest BCUT2D eigenvalue weighted by Gasteiger charge is -2.29. The fraction of sp³-hybridized carbons (Fsp3) is 0.880. The number of aliphatic hydroxyl groups is 1. The molecule has 3 aliphatic rings. The van der Waals surface area contributed by atoms with Crippen LogP contribution in [0.15, 0.2) is 12.2 Å². The Hall–Kier alpha value is -0.990. The monoisotopic (exact) mass is 454 g/mol. The predicted octanol–water partition coefficient (Wildman–Crippen LogP) is 4.42. The van der Waals surface area contributed by atoms with Crippen LogP contribution in [0.5, 0.6) is 0 Å². The van der Waals surface area contributed by atoms with Gasteiger partial charge in [-0.05, 0) is 57.8 Å². The summed E-state index contributed by atoms with van der Waals surface area (Å²) in [6.45, 7) is 2.29. The molecule has 0 aromatic carbocycles. The van der Waals surface area contributed by atoms with E-state index in [2.05, 4.69) is 12.2 Å². The summed E-state index contributed by atoms with van der Waals surface area (Å²) in [6, 6.07) is 0. The number of allylic oxidation sites excluding steroid dienone is 1. The first-order valence-corrected chi connectivity index (χ1v) is 12.7. The number of carboxylic acid groups (broad SMARTS) is 1. The molecule has 2 heterocycles. The molecule has 0 amide bonds. The average molecular weight is 455 g/mol. The molecular weight excluding hydrogens is 412 g/mol. The van der Waals surface area contributed by atoms with E-state index in [1.165, 1.54) is 6.42 Å². The van der Waals surface area contributed by atoms with Crippen LogP contribution in [0.4, 0.5) is 0 Å². The third-order valence-corrected chi connectivity index (χ3v) is 6.83. The Bertz CT molecular complexity index is 554. The third kappa shape index (κ3) is 8.75. The highest BCUT2D eigenvalue weighted by Crippen LogP contribution is 2.39. The zero-order valence-corrected chi connectivity index (χ0v) is 19.4. The summed E-state index contributed by atoms with van der Waals surface area (Å²) in [5, 5.41) is 19.8. The lowest BCUT2D eigenvalue weighted by atomic mass is 9.90. The van der Waals surface area contributed by atoms with Crippen LogP contribution in [0.25, 0.3) is 0 Å². The van der Waals surface area contributed by atoms with E-state index < -0.39 is 12.1 Å². The first-order chi connectivity index (χ1) is 15.6. The molecule has 0 aromatic heterocycles. The molecule has 3 rings (SSSR count). The molecular formula is C25H42O7. The van der Waals surface area contributed by atoms with Crippen molar-refractivity contribution >= 4 is 5.97 Å². The van der Waals surface area contributed by atoms with Crippen molar-refractivity contribution < 1.29 is 34.0 Å². The van der Waals surface area contributed by atoms with Crippen molar-refractivity contribution in [2.75, 3.05) is 19.8 Å². The minimum atomic E-state index is -0.872. The highest BCUT2D eigenvalue weighted by Gasteiger charge is 2.43. The lowest BCUT2D eigenvalue weighted by Crippen LogP contribution is -2.31. The molecule has 3 fully saturated rings. The molecule has 1 aliphatic carbocycles. The molecule has 6 atom stereocenters. The summed E-state index contributed by atoms with van der Waals surface area (Å²) in [7, 11) is 0. The zero-order chi connectivity index (χ0) is 22.6. The number of hydrogen-bond donors (Lipinski definition) is 2. The van der Waals surface area contributed by atoms with Gasteiger partial charge >= 0.3 is 5.97 Å². The largest absolute Gasteiger partial charge is 0.481 e. The Morgan fingerprint density at radius 3 is 2.38 bits per heavy atom. The maximum Gasteiger partial charge on any atom is 0.303 e. The van der Waals surface area contributed by atoms with Gasteiger partial charge in [0.15, 0.2) is 12.6 Å². The smallest absolute Gasteiger partial charge is 0.303 e. The maximum absolute atomic E-state index is 11.3. The van der Waals surface area contributed by atoms with Crippen LogP contribution in [0.3, 0.4) is 0 Å². The molecule has 7 heteroatoms. The average Bonchev–Trinajstić information content (AvgIpc) is 3.07. The van der Waals surface area contributed by atoms with E-state index in [-0.39, 0.29) is 36.9 Å². The number of hydrogen-bond acceptors (Lipinski definition) is 6. The number of carboxylic acids is 1. The highest BCUT2D eigenvalue weighted by atomic mass is 16.7. The van der Waals surface area contributed by atoms with Crippen LogP contribution >= 0.6 is 0 Å². The van der Waals surface area contributed by atoms with Gasteiger partial charge in [0.25, 0.3) is 0 Å².